The summed E-state index contributed by atoms with van der Waals surface area (Å²) in [6.07, 6.45) is 10.0. The zero-order valence-electron chi connectivity index (χ0n) is 11.5. The average molecular weight is 381 g/mol. The summed E-state index contributed by atoms with van der Waals surface area (Å²) in [5.41, 5.74) is 0. The SMILES string of the molecule is Cl.Oc1ccccc1.Oc1ccccc1.[C-]1=CC=CC1.[Zr]. The van der Waals surface area contributed by atoms with Crippen molar-refractivity contribution in [1.29, 1.82) is 0 Å². The van der Waals surface area contributed by atoms with E-state index in [9.17, 15) is 0 Å². The minimum Gasteiger partial charge on any atom is -0.508 e. The maximum atomic E-state index is 8.63. The Kier molecular flexibility index (Phi) is 15.8. The van der Waals surface area contributed by atoms with Crippen molar-refractivity contribution in [2.75, 3.05) is 0 Å². The summed E-state index contributed by atoms with van der Waals surface area (Å²) in [6.45, 7) is 0. The number of para-hydroxylation sites is 2. The molecule has 0 unspecified atom stereocenters. The number of phenols is 2. The molecule has 110 valence electrons. The molecule has 0 fully saturated rings. The smallest absolute Gasteiger partial charge is 0.115 e. The van der Waals surface area contributed by atoms with E-state index < -0.39 is 0 Å². The second kappa shape index (κ2) is 15.1. The van der Waals surface area contributed by atoms with E-state index in [0.29, 0.717) is 11.5 Å². The van der Waals surface area contributed by atoms with Crippen LogP contribution >= 0.6 is 12.4 Å². The van der Waals surface area contributed by atoms with Gasteiger partial charge in [0.15, 0.2) is 0 Å². The summed E-state index contributed by atoms with van der Waals surface area (Å²) >= 11 is 0. The molecular weight excluding hydrogens is 363 g/mol. The molecule has 0 atom stereocenters. The summed E-state index contributed by atoms with van der Waals surface area (Å²) in [5.74, 6) is 0.644. The number of aromatic hydroxyl groups is 2. The summed E-state index contributed by atoms with van der Waals surface area (Å²) in [4.78, 5) is 0. The van der Waals surface area contributed by atoms with Crippen molar-refractivity contribution in [3.63, 3.8) is 0 Å². The normalized spacial score (nSPS) is 9.90. The van der Waals surface area contributed by atoms with Gasteiger partial charge in [-0.25, -0.2) is 12.2 Å². The number of hydrogen-bond acceptors (Lipinski definition) is 2. The molecule has 1 aliphatic rings. The molecule has 0 saturated heterocycles. The minimum absolute atomic E-state index is 0. The molecule has 2 nitrogen and oxygen atoms in total. The molecule has 4 heteroatoms. The Labute approximate surface area is 151 Å². The van der Waals surface area contributed by atoms with Crippen LogP contribution in [0.1, 0.15) is 6.42 Å². The van der Waals surface area contributed by atoms with Crippen LogP contribution in [0.3, 0.4) is 0 Å². The van der Waals surface area contributed by atoms with E-state index in [2.05, 4.69) is 12.2 Å². The molecule has 1 aliphatic carbocycles. The Balaban J connectivity index is 0. The Hall–Kier alpha value is -1.31. The van der Waals surface area contributed by atoms with Crippen LogP contribution in [0.25, 0.3) is 0 Å². The summed E-state index contributed by atoms with van der Waals surface area (Å²) in [7, 11) is 0. The van der Waals surface area contributed by atoms with Crippen LogP contribution in [0.4, 0.5) is 0 Å². The molecule has 0 heterocycles. The molecule has 21 heavy (non-hydrogen) atoms. The van der Waals surface area contributed by atoms with Gasteiger partial charge in [0.25, 0.3) is 0 Å². The van der Waals surface area contributed by atoms with Crippen molar-refractivity contribution in [2.24, 2.45) is 0 Å². The number of rotatable bonds is 0. The van der Waals surface area contributed by atoms with Crippen molar-refractivity contribution in [1.82, 2.24) is 0 Å². The second-order valence-corrected chi connectivity index (χ2v) is 3.67. The molecule has 0 aliphatic heterocycles. The van der Waals surface area contributed by atoms with Crippen LogP contribution < -0.4 is 0 Å². The fourth-order valence-corrected chi connectivity index (χ4v) is 1.20. The van der Waals surface area contributed by atoms with Gasteiger partial charge in [-0.15, -0.1) is 18.8 Å². The van der Waals surface area contributed by atoms with Crippen molar-refractivity contribution in [2.45, 2.75) is 6.42 Å². The first kappa shape index (κ1) is 22.0. The van der Waals surface area contributed by atoms with Gasteiger partial charge in [0.05, 0.1) is 0 Å². The number of phenolic OH excluding ortho intramolecular Hbond substituents is 2. The molecule has 0 aromatic heterocycles. The van der Waals surface area contributed by atoms with Gasteiger partial charge in [0, 0.05) is 26.2 Å². The van der Waals surface area contributed by atoms with Gasteiger partial charge in [-0.3, -0.25) is 6.08 Å². The van der Waals surface area contributed by atoms with Crippen LogP contribution in [0, 0.1) is 6.08 Å². The van der Waals surface area contributed by atoms with E-state index in [1.54, 1.807) is 48.5 Å². The van der Waals surface area contributed by atoms with E-state index in [1.165, 1.54) is 0 Å². The van der Waals surface area contributed by atoms with Gasteiger partial charge in [-0.1, -0.05) is 36.4 Å². The predicted molar refractivity (Wildman–Crippen MR) is 85.0 cm³/mol. The largest absolute Gasteiger partial charge is 0.508 e. The molecule has 3 rings (SSSR count). The Morgan fingerprint density at radius 2 is 1.19 bits per heavy atom. The van der Waals surface area contributed by atoms with Crippen molar-refractivity contribution in [3.05, 3.63) is 85.0 Å². The summed E-state index contributed by atoms with van der Waals surface area (Å²) in [5, 5.41) is 17.3. The molecular formula is C17H18ClO2Zr-. The molecule has 2 aromatic rings. The van der Waals surface area contributed by atoms with E-state index >= 15 is 0 Å². The van der Waals surface area contributed by atoms with Gasteiger partial charge in [-0.05, 0) is 24.3 Å². The first-order valence-electron chi connectivity index (χ1n) is 5.99. The third-order valence-corrected chi connectivity index (χ3v) is 2.10. The number of halogens is 1. The third kappa shape index (κ3) is 13.4. The van der Waals surface area contributed by atoms with Crippen LogP contribution in [0.5, 0.6) is 11.5 Å². The van der Waals surface area contributed by atoms with Gasteiger partial charge >= 0.3 is 0 Å². The van der Waals surface area contributed by atoms with Gasteiger partial charge < -0.3 is 10.2 Å². The molecule has 0 saturated carbocycles. The maximum absolute atomic E-state index is 8.63. The summed E-state index contributed by atoms with van der Waals surface area (Å²) in [6, 6.07) is 17.4. The molecule has 0 amide bonds. The summed E-state index contributed by atoms with van der Waals surface area (Å²) < 4.78 is 0. The van der Waals surface area contributed by atoms with Crippen molar-refractivity contribution < 1.29 is 36.4 Å². The Bertz CT molecular complexity index is 451. The molecule has 0 bridgehead atoms. The first-order valence-corrected chi connectivity index (χ1v) is 5.99. The van der Waals surface area contributed by atoms with E-state index in [-0.39, 0.29) is 38.6 Å². The molecule has 2 N–H and O–H groups in total. The van der Waals surface area contributed by atoms with Crippen LogP contribution in [0.2, 0.25) is 0 Å². The monoisotopic (exact) mass is 379 g/mol. The Morgan fingerprint density at radius 1 is 0.762 bits per heavy atom. The molecule has 2 aromatic carbocycles. The zero-order chi connectivity index (χ0) is 13.8. The quantitative estimate of drug-likeness (QED) is 0.660. The second-order valence-electron chi connectivity index (χ2n) is 3.67. The number of benzene rings is 2. The topological polar surface area (TPSA) is 40.5 Å². The van der Waals surface area contributed by atoms with Gasteiger partial charge in [0.1, 0.15) is 11.5 Å². The fourth-order valence-electron chi connectivity index (χ4n) is 1.20. The fraction of sp³-hybridized carbons (Fsp3) is 0.0588. The third-order valence-electron chi connectivity index (χ3n) is 2.10. The molecule has 0 radical (unpaired) electrons. The van der Waals surface area contributed by atoms with Crippen molar-refractivity contribution >= 4 is 12.4 Å². The van der Waals surface area contributed by atoms with Crippen LogP contribution in [-0.4, -0.2) is 10.2 Å². The molecule has 0 spiro atoms. The maximum Gasteiger partial charge on any atom is 0.115 e. The number of hydrogen-bond donors (Lipinski definition) is 2. The average Bonchev–Trinajstić information content (AvgIpc) is 3.00. The van der Waals surface area contributed by atoms with Crippen LogP contribution in [-0.2, 0) is 26.2 Å². The van der Waals surface area contributed by atoms with Gasteiger partial charge in [0.2, 0.25) is 0 Å². The van der Waals surface area contributed by atoms with E-state index in [0.717, 1.165) is 6.42 Å². The zero-order valence-corrected chi connectivity index (χ0v) is 14.8. The van der Waals surface area contributed by atoms with E-state index in [1.807, 2.05) is 24.3 Å². The standard InChI is InChI=1S/2C6H6O.C5H5.ClH.Zr/c2*7-6-4-2-1-3-5-6;1-2-4-5-3-1;;/h2*1-5,7H;1-3H,4H2;1H;/q;;-1;;. The Morgan fingerprint density at radius 3 is 1.33 bits per heavy atom. The van der Waals surface area contributed by atoms with Crippen molar-refractivity contribution in [3.8, 4) is 11.5 Å². The minimum atomic E-state index is 0. The van der Waals surface area contributed by atoms with E-state index in [4.69, 9.17) is 10.2 Å². The number of allylic oxidation sites excluding steroid dienone is 4. The predicted octanol–water partition coefficient (Wildman–Crippen LogP) is 4.51. The first-order chi connectivity index (χ1) is 9.29. The van der Waals surface area contributed by atoms with Gasteiger partial charge in [-0.2, -0.15) is 6.08 Å². The van der Waals surface area contributed by atoms with Crippen LogP contribution in [0.15, 0.2) is 78.9 Å².